The van der Waals surface area contributed by atoms with Gasteiger partial charge >= 0.3 is 0 Å². The van der Waals surface area contributed by atoms with Crippen molar-refractivity contribution < 1.29 is 19.1 Å². The molecule has 5 aromatic rings. The standard InChI is InChI=1S/C41H49ClN12O5/c1-23(2)54-38-26(15-33(40(54)58)59-22-35(56)43-4)14-27(17-44-38)46-37-31(42)18-45-41(48-37)53-13-12-51(24(3)19-53)20-25-10-11-52(21-25)28-6-7-29-32(16-28)50(5)49-36(29)30-8-9-34(55)47-39(30)57/h6-7,14-18,23-25,30H,8-13,19-22H2,1-5H3,(H,43,56)(H,45,46,48)(H,47,55,57)/t24-,25+,30?/m1/s1. The Kier molecular flexibility index (Phi) is 11.1. The van der Waals surface area contributed by atoms with E-state index in [0.29, 0.717) is 52.3 Å². The summed E-state index contributed by atoms with van der Waals surface area (Å²) in [5.41, 5.74) is 3.58. The van der Waals surface area contributed by atoms with Crippen LogP contribution in [0.3, 0.4) is 0 Å². The van der Waals surface area contributed by atoms with E-state index in [1.54, 1.807) is 23.0 Å². The average Bonchev–Trinajstić information content (AvgIpc) is 3.82. The zero-order chi connectivity index (χ0) is 41.5. The Morgan fingerprint density at radius 3 is 2.63 bits per heavy atom. The lowest BCUT2D eigenvalue weighted by Crippen LogP contribution is -2.53. The fourth-order valence-electron chi connectivity index (χ4n) is 8.48. The highest BCUT2D eigenvalue weighted by Crippen LogP contribution is 2.34. The lowest BCUT2D eigenvalue weighted by Gasteiger charge is -2.41. The summed E-state index contributed by atoms with van der Waals surface area (Å²) in [6.07, 6.45) is 5.12. The Balaban J connectivity index is 0.902. The van der Waals surface area contributed by atoms with Gasteiger partial charge in [0, 0.05) is 88.3 Å². The number of carbonyl (C=O) groups is 3. The van der Waals surface area contributed by atoms with Gasteiger partial charge in [-0.25, -0.2) is 9.97 Å². The predicted molar refractivity (Wildman–Crippen MR) is 226 cm³/mol. The zero-order valence-electron chi connectivity index (χ0n) is 33.9. The van der Waals surface area contributed by atoms with Crippen molar-refractivity contribution in [3.05, 3.63) is 63.8 Å². The summed E-state index contributed by atoms with van der Waals surface area (Å²) in [6, 6.07) is 9.87. The second-order valence-corrected chi connectivity index (χ2v) is 16.4. The van der Waals surface area contributed by atoms with Crippen LogP contribution >= 0.6 is 11.6 Å². The van der Waals surface area contributed by atoms with Crippen LogP contribution in [0.2, 0.25) is 5.02 Å². The van der Waals surface area contributed by atoms with E-state index in [1.807, 2.05) is 31.6 Å². The maximum atomic E-state index is 13.2. The summed E-state index contributed by atoms with van der Waals surface area (Å²) in [7, 11) is 3.41. The molecule has 3 atom stereocenters. The summed E-state index contributed by atoms with van der Waals surface area (Å²) < 4.78 is 8.98. The van der Waals surface area contributed by atoms with Crippen molar-refractivity contribution >= 4 is 74.4 Å². The molecular formula is C41H49ClN12O5. The second-order valence-electron chi connectivity index (χ2n) is 16.0. The summed E-state index contributed by atoms with van der Waals surface area (Å²) in [5.74, 6) is 0.310. The van der Waals surface area contributed by atoms with Crippen molar-refractivity contribution in [1.29, 1.82) is 0 Å². The number of fused-ring (bicyclic) bond motifs is 2. The number of nitrogens with one attached hydrogen (secondary N) is 3. The van der Waals surface area contributed by atoms with Gasteiger partial charge in [-0.3, -0.25) is 38.6 Å². The maximum absolute atomic E-state index is 13.2. The van der Waals surface area contributed by atoms with Gasteiger partial charge in [0.25, 0.3) is 11.5 Å². The van der Waals surface area contributed by atoms with Crippen LogP contribution in [-0.4, -0.2) is 111 Å². The quantitative estimate of drug-likeness (QED) is 0.164. The number of amides is 3. The minimum absolute atomic E-state index is 0.0562. The minimum atomic E-state index is -0.424. The molecular weight excluding hydrogens is 776 g/mol. The van der Waals surface area contributed by atoms with E-state index in [4.69, 9.17) is 26.4 Å². The third-order valence-corrected chi connectivity index (χ3v) is 11.9. The van der Waals surface area contributed by atoms with Gasteiger partial charge < -0.3 is 25.2 Å². The first-order valence-electron chi connectivity index (χ1n) is 20.1. The number of likely N-dealkylation sites (N-methyl/N-ethyl adjacent to an activating group) is 1. The first-order chi connectivity index (χ1) is 28.4. The van der Waals surface area contributed by atoms with Crippen molar-refractivity contribution in [3.8, 4) is 5.75 Å². The van der Waals surface area contributed by atoms with Gasteiger partial charge in [0.05, 0.1) is 35.2 Å². The molecule has 4 aromatic heterocycles. The molecule has 8 rings (SSSR count). The smallest absolute Gasteiger partial charge is 0.294 e. The molecule has 17 nitrogen and oxygen atoms in total. The Hall–Kier alpha value is -5.81. The van der Waals surface area contributed by atoms with E-state index < -0.39 is 5.92 Å². The number of halogens is 1. The minimum Gasteiger partial charge on any atom is -0.478 e. The SMILES string of the molecule is CNC(=O)COc1cc2cc(Nc3nc(N4CCN(C[C@@H]5CCN(c6ccc7c(C8CCC(=O)NC8=O)nn(C)c7c6)C5)[C@H](C)C4)ncc3Cl)cnc2n(C(C)C)c1=O. The number of pyridine rings is 2. The lowest BCUT2D eigenvalue weighted by atomic mass is 9.93. The topological polar surface area (TPSA) is 185 Å². The van der Waals surface area contributed by atoms with Gasteiger partial charge in [0.1, 0.15) is 10.7 Å². The molecule has 7 heterocycles. The van der Waals surface area contributed by atoms with E-state index in [0.717, 1.165) is 68.0 Å². The summed E-state index contributed by atoms with van der Waals surface area (Å²) >= 11 is 6.61. The van der Waals surface area contributed by atoms with Crippen molar-refractivity contribution in [2.75, 3.05) is 68.0 Å². The van der Waals surface area contributed by atoms with Gasteiger partial charge in [-0.05, 0) is 69.9 Å². The van der Waals surface area contributed by atoms with E-state index in [-0.39, 0.29) is 47.7 Å². The molecule has 3 N–H and O–H groups in total. The molecule has 1 aromatic carbocycles. The van der Waals surface area contributed by atoms with Gasteiger partial charge in [-0.1, -0.05) is 11.6 Å². The monoisotopic (exact) mass is 824 g/mol. The van der Waals surface area contributed by atoms with Gasteiger partial charge in [-0.15, -0.1) is 0 Å². The number of ether oxygens (including phenoxy) is 1. The number of nitrogens with zero attached hydrogens (tertiary/aromatic N) is 9. The summed E-state index contributed by atoms with van der Waals surface area (Å²) in [6.45, 7) is 11.0. The fraction of sp³-hybridized carbons (Fsp3) is 0.463. The second kappa shape index (κ2) is 16.4. The number of piperidine rings is 1. The van der Waals surface area contributed by atoms with Crippen molar-refractivity contribution in [2.24, 2.45) is 13.0 Å². The van der Waals surface area contributed by atoms with Crippen LogP contribution < -0.4 is 36.0 Å². The maximum Gasteiger partial charge on any atom is 0.294 e. The summed E-state index contributed by atoms with van der Waals surface area (Å²) in [4.78, 5) is 70.6. The van der Waals surface area contributed by atoms with Crippen LogP contribution in [0.15, 0.2) is 47.5 Å². The summed E-state index contributed by atoms with van der Waals surface area (Å²) in [5, 5.41) is 14.9. The van der Waals surface area contributed by atoms with Crippen molar-refractivity contribution in [1.82, 2.24) is 44.8 Å². The highest BCUT2D eigenvalue weighted by molar-refractivity contribution is 6.33. The zero-order valence-corrected chi connectivity index (χ0v) is 34.6. The number of hydrogen-bond acceptors (Lipinski definition) is 13. The molecule has 0 spiro atoms. The molecule has 3 saturated heterocycles. The number of hydrogen-bond donors (Lipinski definition) is 3. The number of rotatable bonds is 11. The van der Waals surface area contributed by atoms with Crippen LogP contribution in [0.1, 0.15) is 57.7 Å². The van der Waals surface area contributed by atoms with E-state index in [1.165, 1.54) is 7.05 Å². The van der Waals surface area contributed by atoms with E-state index >= 15 is 0 Å². The Morgan fingerprint density at radius 1 is 1.03 bits per heavy atom. The number of aryl methyl sites for hydroxylation is 1. The van der Waals surface area contributed by atoms with Gasteiger partial charge in [0.2, 0.25) is 17.8 Å². The van der Waals surface area contributed by atoms with E-state index in [2.05, 4.69) is 65.7 Å². The molecule has 0 saturated carbocycles. The number of piperazine rings is 1. The molecule has 18 heteroatoms. The van der Waals surface area contributed by atoms with Crippen LogP contribution in [0.25, 0.3) is 21.9 Å². The highest BCUT2D eigenvalue weighted by atomic mass is 35.5. The number of aromatic nitrogens is 6. The predicted octanol–water partition coefficient (Wildman–Crippen LogP) is 3.73. The molecule has 3 aliphatic rings. The van der Waals surface area contributed by atoms with Gasteiger partial charge in [-0.2, -0.15) is 10.1 Å². The number of carbonyl (C=O) groups excluding carboxylic acids is 3. The molecule has 3 amide bonds. The van der Waals surface area contributed by atoms with Gasteiger partial charge in [0.15, 0.2) is 18.2 Å². The molecule has 0 bridgehead atoms. The number of anilines is 4. The Labute approximate surface area is 346 Å². The first kappa shape index (κ1) is 40.0. The number of imide groups is 1. The van der Waals surface area contributed by atoms with Crippen LogP contribution in [-0.2, 0) is 21.4 Å². The van der Waals surface area contributed by atoms with Crippen LogP contribution in [0.5, 0.6) is 5.75 Å². The molecule has 310 valence electrons. The first-order valence-corrected chi connectivity index (χ1v) is 20.5. The molecule has 59 heavy (non-hydrogen) atoms. The Morgan fingerprint density at radius 2 is 1.86 bits per heavy atom. The average molecular weight is 825 g/mol. The molecule has 0 radical (unpaired) electrons. The third kappa shape index (κ3) is 8.13. The molecule has 3 fully saturated rings. The Bertz CT molecular complexity index is 2500. The highest BCUT2D eigenvalue weighted by Gasteiger charge is 2.33. The molecule has 3 aliphatic heterocycles. The third-order valence-electron chi connectivity index (χ3n) is 11.6. The fourth-order valence-corrected chi connectivity index (χ4v) is 8.62. The van der Waals surface area contributed by atoms with E-state index in [9.17, 15) is 19.2 Å². The van der Waals surface area contributed by atoms with Crippen molar-refractivity contribution in [2.45, 2.75) is 58.0 Å². The molecule has 0 aliphatic carbocycles. The van der Waals surface area contributed by atoms with Crippen molar-refractivity contribution in [3.63, 3.8) is 0 Å². The molecule has 1 unspecified atom stereocenters. The lowest BCUT2D eigenvalue weighted by molar-refractivity contribution is -0.134. The normalized spacial score (nSPS) is 20.2. The number of benzene rings is 1. The largest absolute Gasteiger partial charge is 0.478 e. The van der Waals surface area contributed by atoms with Crippen LogP contribution in [0, 0.1) is 5.92 Å². The van der Waals surface area contributed by atoms with Crippen LogP contribution in [0.4, 0.5) is 23.1 Å².